The Kier molecular flexibility index (Phi) is 11.3. The van der Waals surface area contributed by atoms with E-state index in [1.54, 1.807) is 25.4 Å². The Morgan fingerprint density at radius 3 is 2.61 bits per heavy atom. The fourth-order valence-electron chi connectivity index (χ4n) is 8.91. The molecule has 2 amide bonds. The van der Waals surface area contributed by atoms with Crippen LogP contribution in [-0.2, 0) is 48.0 Å². The number of carbonyl (C=O) groups excluding carboxylic acids is 4. The number of cyclic esters (lactones) is 1. The summed E-state index contributed by atoms with van der Waals surface area (Å²) in [4.78, 5) is 59.3. The van der Waals surface area contributed by atoms with Crippen LogP contribution in [0.5, 0.6) is 5.75 Å². The molecule has 2 aromatic heterocycles. The number of hydrogen-bond acceptors (Lipinski definition) is 9. The van der Waals surface area contributed by atoms with E-state index < -0.39 is 35.3 Å². The largest absolute Gasteiger partial charge is 0.508 e. The first-order valence-corrected chi connectivity index (χ1v) is 20.2. The number of aromatic nitrogens is 2. The lowest BCUT2D eigenvalue weighted by Crippen LogP contribution is -2.60. The highest BCUT2D eigenvalue weighted by molar-refractivity contribution is 5.96. The van der Waals surface area contributed by atoms with Crippen molar-refractivity contribution in [1.29, 1.82) is 0 Å². The van der Waals surface area contributed by atoms with E-state index in [9.17, 15) is 24.3 Å². The molecule has 12 nitrogen and oxygen atoms in total. The highest BCUT2D eigenvalue weighted by Crippen LogP contribution is 2.42. The molecule has 1 saturated carbocycles. The molecule has 3 N–H and O–H groups in total. The molecule has 2 fully saturated rings. The van der Waals surface area contributed by atoms with Crippen LogP contribution in [0.3, 0.4) is 0 Å². The second-order valence-corrected chi connectivity index (χ2v) is 17.0. The van der Waals surface area contributed by atoms with Crippen molar-refractivity contribution in [1.82, 2.24) is 25.3 Å². The highest BCUT2D eigenvalue weighted by Gasteiger charge is 2.42. The van der Waals surface area contributed by atoms with Crippen LogP contribution in [0.25, 0.3) is 33.3 Å². The number of carbonyl (C=O) groups is 4. The van der Waals surface area contributed by atoms with Gasteiger partial charge in [0.15, 0.2) is 0 Å². The number of hydrogen-bond donors (Lipinski definition) is 3. The van der Waals surface area contributed by atoms with Crippen molar-refractivity contribution in [3.8, 4) is 28.1 Å². The SMILES string of the molecule is CCn1c(-c2cccnc2[C@H](C)OC)c2c3cc(ccc31)-c1cc(O)cc(c1)C[C@H](NC(=O)[C@H]1CC(=O)C(C)[C@@H]1C)C(=O)N1CCC[C@H](N1)C(=O)OCC(C)(C)C2. The van der Waals surface area contributed by atoms with Crippen LogP contribution in [0.15, 0.2) is 54.7 Å². The summed E-state index contributed by atoms with van der Waals surface area (Å²) in [5.74, 6) is -2.14. The van der Waals surface area contributed by atoms with Gasteiger partial charge in [-0.05, 0) is 97.7 Å². The number of benzene rings is 2. The maximum Gasteiger partial charge on any atom is 0.324 e. The number of rotatable bonds is 6. The van der Waals surface area contributed by atoms with Crippen molar-refractivity contribution in [2.75, 3.05) is 20.3 Å². The zero-order valence-corrected chi connectivity index (χ0v) is 34.1. The molecule has 1 unspecified atom stereocenters. The van der Waals surface area contributed by atoms with E-state index in [-0.39, 0.29) is 54.8 Å². The second-order valence-electron chi connectivity index (χ2n) is 17.0. The predicted octanol–water partition coefficient (Wildman–Crippen LogP) is 6.31. The second kappa shape index (κ2) is 16.1. The maximum atomic E-state index is 14.4. The topological polar surface area (TPSA) is 152 Å². The number of esters is 1. The number of aryl methyl sites for hydroxylation is 1. The van der Waals surface area contributed by atoms with E-state index in [4.69, 9.17) is 14.5 Å². The van der Waals surface area contributed by atoms with Crippen molar-refractivity contribution in [2.45, 2.75) is 98.4 Å². The molecule has 7 rings (SSSR count). The van der Waals surface area contributed by atoms with Gasteiger partial charge >= 0.3 is 5.97 Å². The number of amides is 2. The van der Waals surface area contributed by atoms with Gasteiger partial charge in [0, 0.05) is 73.0 Å². The summed E-state index contributed by atoms with van der Waals surface area (Å²) < 4.78 is 14.1. The van der Waals surface area contributed by atoms with Crippen molar-refractivity contribution in [3.05, 3.63) is 71.5 Å². The molecule has 3 aliphatic rings. The van der Waals surface area contributed by atoms with E-state index in [0.717, 1.165) is 44.5 Å². The lowest BCUT2D eigenvalue weighted by Gasteiger charge is -2.36. The van der Waals surface area contributed by atoms with Crippen molar-refractivity contribution in [2.24, 2.45) is 23.2 Å². The number of hydrazine groups is 1. The standard InChI is InChI=1S/C45H55N5O7/c1-8-49-38-14-13-29-21-34(38)35(41(49)32-11-9-15-46-40(32)27(4)56-7)23-45(5,6)24-57-44(55)36-12-10-16-50(48-36)43(54)37(19-28-17-30(29)20-31(51)18-28)47-42(53)33-22-39(52)26(3)25(33)2/h9,11,13-15,17-18,20-21,25-27,33,36-37,48,51H,8,10,12,16,19,22-24H2,1-7H3,(H,47,53)/t25-,26?,27-,33-,36-,37-/m0/s1. The predicted molar refractivity (Wildman–Crippen MR) is 217 cm³/mol. The summed E-state index contributed by atoms with van der Waals surface area (Å²) in [6.45, 7) is 13.2. The molecule has 4 aromatic rings. The van der Waals surface area contributed by atoms with Gasteiger partial charge in [-0.3, -0.25) is 29.2 Å². The Morgan fingerprint density at radius 2 is 1.89 bits per heavy atom. The van der Waals surface area contributed by atoms with Crippen LogP contribution in [-0.4, -0.2) is 75.6 Å². The number of fused-ring (bicyclic) bond motifs is 6. The number of phenolic OH excluding ortho intramolecular Hbond substituents is 1. The number of nitrogens with zero attached hydrogens (tertiary/aromatic N) is 3. The number of Topliss-reactive ketones (excluding diaryl/α,β-unsaturated/α-hetero) is 1. The van der Waals surface area contributed by atoms with Crippen molar-refractivity contribution in [3.63, 3.8) is 0 Å². The lowest BCUT2D eigenvalue weighted by atomic mass is 9.84. The third-order valence-corrected chi connectivity index (χ3v) is 12.4. The lowest BCUT2D eigenvalue weighted by molar-refractivity contribution is -0.155. The van der Waals surface area contributed by atoms with Crippen LogP contribution in [0.4, 0.5) is 0 Å². The number of phenols is 1. The van der Waals surface area contributed by atoms with Crippen LogP contribution >= 0.6 is 0 Å². The molecule has 4 heterocycles. The van der Waals surface area contributed by atoms with E-state index in [0.29, 0.717) is 37.9 Å². The quantitative estimate of drug-likeness (QED) is 0.191. The van der Waals surface area contributed by atoms with Gasteiger partial charge < -0.3 is 24.5 Å². The van der Waals surface area contributed by atoms with E-state index in [2.05, 4.69) is 54.3 Å². The average Bonchev–Trinajstić information content (AvgIpc) is 3.65. The number of ether oxygens (including phenoxy) is 2. The highest BCUT2D eigenvalue weighted by atomic mass is 16.5. The molecule has 57 heavy (non-hydrogen) atoms. The number of ketones is 1. The van der Waals surface area contributed by atoms with Gasteiger partial charge in [0.1, 0.15) is 23.6 Å². The fraction of sp³-hybridized carbons (Fsp3) is 0.489. The third kappa shape index (κ3) is 7.94. The maximum absolute atomic E-state index is 14.4. The third-order valence-electron chi connectivity index (χ3n) is 12.4. The van der Waals surface area contributed by atoms with E-state index in [1.807, 2.05) is 39.0 Å². The van der Waals surface area contributed by atoms with Gasteiger partial charge in [0.2, 0.25) is 5.91 Å². The number of pyridine rings is 1. The molecule has 302 valence electrons. The summed E-state index contributed by atoms with van der Waals surface area (Å²) in [6, 6.07) is 13.8. The Bertz CT molecular complexity index is 2210. The van der Waals surface area contributed by atoms with Gasteiger partial charge in [-0.25, -0.2) is 5.43 Å². The summed E-state index contributed by atoms with van der Waals surface area (Å²) in [7, 11) is 1.68. The minimum absolute atomic E-state index is 0.0269. The fourth-order valence-corrected chi connectivity index (χ4v) is 8.91. The Labute approximate surface area is 334 Å². The van der Waals surface area contributed by atoms with Crippen LogP contribution < -0.4 is 10.7 Å². The number of aromatic hydroxyl groups is 1. The average molecular weight is 778 g/mol. The zero-order chi connectivity index (χ0) is 40.8. The number of nitrogens with one attached hydrogen (secondary N) is 2. The summed E-state index contributed by atoms with van der Waals surface area (Å²) in [5.41, 5.74) is 9.79. The van der Waals surface area contributed by atoms with Gasteiger partial charge in [-0.2, -0.15) is 0 Å². The molecular formula is C45H55N5O7. The van der Waals surface area contributed by atoms with Gasteiger partial charge in [0.25, 0.3) is 5.91 Å². The Morgan fingerprint density at radius 1 is 1.11 bits per heavy atom. The minimum Gasteiger partial charge on any atom is -0.508 e. The molecule has 1 saturated heterocycles. The Balaban J connectivity index is 1.38. The molecule has 6 atom stereocenters. The zero-order valence-electron chi connectivity index (χ0n) is 34.1. The molecule has 0 spiro atoms. The molecule has 12 heteroatoms. The summed E-state index contributed by atoms with van der Waals surface area (Å²) in [5, 5.41) is 16.6. The Hall–Kier alpha value is -5.07. The first kappa shape index (κ1) is 40.1. The summed E-state index contributed by atoms with van der Waals surface area (Å²) >= 11 is 0. The van der Waals surface area contributed by atoms with Crippen LogP contribution in [0.1, 0.15) is 83.7 Å². The first-order chi connectivity index (χ1) is 27.2. The smallest absolute Gasteiger partial charge is 0.324 e. The van der Waals surface area contributed by atoms with Crippen LogP contribution in [0, 0.1) is 23.2 Å². The molecule has 2 aliphatic heterocycles. The first-order valence-electron chi connectivity index (χ1n) is 20.2. The summed E-state index contributed by atoms with van der Waals surface area (Å²) in [6.07, 6.45) is 3.31. The normalized spacial score (nSPS) is 24.6. The van der Waals surface area contributed by atoms with E-state index in [1.165, 1.54) is 5.01 Å². The van der Waals surface area contributed by atoms with Crippen molar-refractivity contribution >= 4 is 34.5 Å². The van der Waals surface area contributed by atoms with Gasteiger partial charge in [-0.15, -0.1) is 0 Å². The number of methoxy groups -OCH3 is 1. The van der Waals surface area contributed by atoms with Crippen LogP contribution in [0.2, 0.25) is 0 Å². The van der Waals surface area contributed by atoms with E-state index >= 15 is 0 Å². The minimum atomic E-state index is -1.04. The molecular weight excluding hydrogens is 723 g/mol. The molecule has 6 bridgehead atoms. The van der Waals surface area contributed by atoms with Gasteiger partial charge in [0.05, 0.1) is 24.1 Å². The van der Waals surface area contributed by atoms with Gasteiger partial charge in [-0.1, -0.05) is 39.8 Å². The monoisotopic (exact) mass is 777 g/mol. The molecule has 0 radical (unpaired) electrons. The van der Waals surface area contributed by atoms with Crippen molar-refractivity contribution < 1.29 is 33.8 Å². The molecule has 1 aliphatic carbocycles. The molecule has 2 aromatic carbocycles.